The molecule has 0 amide bonds. The van der Waals surface area contributed by atoms with Crippen molar-refractivity contribution in [3.8, 4) is 5.69 Å². The van der Waals surface area contributed by atoms with Crippen LogP contribution in [0.2, 0.25) is 0 Å². The summed E-state index contributed by atoms with van der Waals surface area (Å²) in [5.41, 5.74) is 7.72. The van der Waals surface area contributed by atoms with Crippen molar-refractivity contribution >= 4 is 29.9 Å². The molecule has 0 radical (unpaired) electrons. The molecule has 6 nitrogen and oxygen atoms in total. The molecule has 1 aromatic heterocycles. The first kappa shape index (κ1) is 16.2. The first-order valence-electron chi connectivity index (χ1n) is 5.88. The van der Waals surface area contributed by atoms with E-state index in [4.69, 9.17) is 5.73 Å². The van der Waals surface area contributed by atoms with Gasteiger partial charge >= 0.3 is 0 Å². The topological polar surface area (TPSA) is 81.1 Å². The van der Waals surface area contributed by atoms with Gasteiger partial charge in [0.25, 0.3) is 0 Å². The zero-order valence-corrected chi connectivity index (χ0v) is 13.3. The highest BCUT2D eigenvalue weighted by Crippen LogP contribution is 2.08. The Bertz CT molecular complexity index is 547. The number of guanidine groups is 1. The summed E-state index contributed by atoms with van der Waals surface area (Å²) < 4.78 is 1.70. The van der Waals surface area contributed by atoms with Gasteiger partial charge in [-0.2, -0.15) is 5.10 Å². The second-order valence-electron chi connectivity index (χ2n) is 3.88. The summed E-state index contributed by atoms with van der Waals surface area (Å²) in [6.07, 6.45) is 4.89. The monoisotopic (exact) mass is 384 g/mol. The van der Waals surface area contributed by atoms with Crippen LogP contribution in [0.5, 0.6) is 0 Å². The fraction of sp³-hybridized carbons (Fsp3) is 0.154. The van der Waals surface area contributed by atoms with Crippen molar-refractivity contribution in [2.24, 2.45) is 10.7 Å². The predicted molar refractivity (Wildman–Crippen MR) is 90.3 cm³/mol. The van der Waals surface area contributed by atoms with Gasteiger partial charge in [-0.15, -0.1) is 30.6 Å². The zero-order valence-electron chi connectivity index (χ0n) is 10.9. The van der Waals surface area contributed by atoms with Gasteiger partial charge in [0.15, 0.2) is 5.96 Å². The Hall–Kier alpha value is -1.90. The number of rotatable bonds is 5. The average molecular weight is 384 g/mol. The van der Waals surface area contributed by atoms with Gasteiger partial charge in [-0.05, 0) is 17.7 Å². The van der Waals surface area contributed by atoms with Crippen molar-refractivity contribution in [1.82, 2.24) is 20.1 Å². The van der Waals surface area contributed by atoms with Crippen LogP contribution in [0, 0.1) is 0 Å². The molecule has 0 aliphatic rings. The third-order valence-corrected chi connectivity index (χ3v) is 2.48. The lowest BCUT2D eigenvalue weighted by molar-refractivity contribution is 0.876. The van der Waals surface area contributed by atoms with Crippen LogP contribution in [0.4, 0.5) is 0 Å². The first-order chi connectivity index (χ1) is 9.29. The highest BCUT2D eigenvalue weighted by Gasteiger charge is 1.97. The van der Waals surface area contributed by atoms with E-state index in [2.05, 4.69) is 27.0 Å². The first-order valence-corrected chi connectivity index (χ1v) is 5.88. The normalized spacial score (nSPS) is 10.7. The molecule has 0 bridgehead atoms. The van der Waals surface area contributed by atoms with Crippen molar-refractivity contribution in [3.63, 3.8) is 0 Å². The number of hydrogen-bond donors (Lipinski definition) is 2. The van der Waals surface area contributed by atoms with E-state index in [-0.39, 0.29) is 24.0 Å². The molecule has 0 fully saturated rings. The van der Waals surface area contributed by atoms with E-state index in [1.165, 1.54) is 6.33 Å². The third-order valence-electron chi connectivity index (χ3n) is 2.48. The summed E-state index contributed by atoms with van der Waals surface area (Å²) in [5.74, 6) is 0.417. The van der Waals surface area contributed by atoms with E-state index in [0.29, 0.717) is 19.0 Å². The quantitative estimate of drug-likeness (QED) is 0.354. The van der Waals surface area contributed by atoms with Crippen molar-refractivity contribution in [1.29, 1.82) is 0 Å². The van der Waals surface area contributed by atoms with Crippen LogP contribution in [-0.4, -0.2) is 27.3 Å². The summed E-state index contributed by atoms with van der Waals surface area (Å²) in [5, 5.41) is 6.99. The molecule has 0 saturated heterocycles. The zero-order chi connectivity index (χ0) is 13.5. The second kappa shape index (κ2) is 8.31. The molecular weight excluding hydrogens is 367 g/mol. The number of halogens is 1. The average Bonchev–Trinajstić information content (AvgIpc) is 2.97. The van der Waals surface area contributed by atoms with Gasteiger partial charge in [0.05, 0.1) is 12.2 Å². The Kier molecular flexibility index (Phi) is 6.71. The number of hydrogen-bond acceptors (Lipinski definition) is 3. The van der Waals surface area contributed by atoms with Crippen LogP contribution in [0.1, 0.15) is 5.56 Å². The fourth-order valence-electron chi connectivity index (χ4n) is 1.50. The van der Waals surface area contributed by atoms with E-state index in [0.717, 1.165) is 11.3 Å². The van der Waals surface area contributed by atoms with E-state index in [9.17, 15) is 0 Å². The maximum atomic E-state index is 5.68. The lowest BCUT2D eigenvalue weighted by Gasteiger charge is -2.04. The van der Waals surface area contributed by atoms with Crippen LogP contribution < -0.4 is 11.1 Å². The second-order valence-corrected chi connectivity index (χ2v) is 3.88. The van der Waals surface area contributed by atoms with Crippen molar-refractivity contribution in [3.05, 3.63) is 55.1 Å². The Morgan fingerprint density at radius 2 is 2.15 bits per heavy atom. The Morgan fingerprint density at radius 3 is 2.75 bits per heavy atom. The molecule has 3 N–H and O–H groups in total. The molecule has 0 spiro atoms. The standard InChI is InChI=1S/C13H16N6.HI/c1-2-7-16-13(14)17-8-11-3-5-12(6-4-11)19-10-15-9-18-19;/h2-6,9-10H,1,7-8H2,(H3,14,16,17);1H. The van der Waals surface area contributed by atoms with E-state index < -0.39 is 0 Å². The SMILES string of the molecule is C=CCNC(N)=NCc1ccc(-n2cncn2)cc1.I. The van der Waals surface area contributed by atoms with Gasteiger partial charge in [-0.1, -0.05) is 18.2 Å². The van der Waals surface area contributed by atoms with Crippen LogP contribution in [-0.2, 0) is 6.54 Å². The molecular formula is C13H17IN6. The van der Waals surface area contributed by atoms with E-state index in [1.807, 2.05) is 24.3 Å². The lowest BCUT2D eigenvalue weighted by atomic mass is 10.2. The van der Waals surface area contributed by atoms with E-state index in [1.54, 1.807) is 17.1 Å². The fourth-order valence-corrected chi connectivity index (χ4v) is 1.50. The highest BCUT2D eigenvalue weighted by atomic mass is 127. The molecule has 0 aliphatic heterocycles. The van der Waals surface area contributed by atoms with Gasteiger partial charge in [0.2, 0.25) is 0 Å². The molecule has 106 valence electrons. The van der Waals surface area contributed by atoms with Crippen LogP contribution in [0.15, 0.2) is 54.6 Å². The number of aliphatic imine (C=N–C) groups is 1. The largest absolute Gasteiger partial charge is 0.370 e. The summed E-state index contributed by atoms with van der Waals surface area (Å²) in [6, 6.07) is 7.91. The predicted octanol–water partition coefficient (Wildman–Crippen LogP) is 1.48. The maximum Gasteiger partial charge on any atom is 0.189 e. The smallest absolute Gasteiger partial charge is 0.189 e. The molecule has 2 aromatic rings. The molecule has 0 aliphatic carbocycles. The highest BCUT2D eigenvalue weighted by molar-refractivity contribution is 14.0. The van der Waals surface area contributed by atoms with Crippen LogP contribution in [0.3, 0.4) is 0 Å². The number of benzene rings is 1. The summed E-state index contributed by atoms with van der Waals surface area (Å²) in [4.78, 5) is 8.13. The summed E-state index contributed by atoms with van der Waals surface area (Å²) in [6.45, 7) is 4.75. The molecule has 1 aromatic carbocycles. The maximum absolute atomic E-state index is 5.68. The molecule has 20 heavy (non-hydrogen) atoms. The minimum atomic E-state index is 0. The minimum absolute atomic E-state index is 0. The van der Waals surface area contributed by atoms with Crippen molar-refractivity contribution in [2.45, 2.75) is 6.54 Å². The molecule has 0 unspecified atom stereocenters. The number of nitrogens with zero attached hydrogens (tertiary/aromatic N) is 4. The van der Waals surface area contributed by atoms with Crippen LogP contribution in [0.25, 0.3) is 5.69 Å². The van der Waals surface area contributed by atoms with Gasteiger partial charge < -0.3 is 11.1 Å². The summed E-state index contributed by atoms with van der Waals surface area (Å²) >= 11 is 0. The molecule has 0 atom stereocenters. The Morgan fingerprint density at radius 1 is 1.40 bits per heavy atom. The minimum Gasteiger partial charge on any atom is -0.370 e. The molecule has 7 heteroatoms. The number of aromatic nitrogens is 3. The lowest BCUT2D eigenvalue weighted by Crippen LogP contribution is -2.31. The number of nitrogens with one attached hydrogen (secondary N) is 1. The third kappa shape index (κ3) is 4.65. The Labute approximate surface area is 134 Å². The molecule has 2 rings (SSSR count). The summed E-state index contributed by atoms with van der Waals surface area (Å²) in [7, 11) is 0. The van der Waals surface area contributed by atoms with Gasteiger partial charge in [-0.25, -0.2) is 14.7 Å². The van der Waals surface area contributed by atoms with Crippen molar-refractivity contribution in [2.75, 3.05) is 6.54 Å². The Balaban J connectivity index is 0.00000200. The van der Waals surface area contributed by atoms with Crippen LogP contribution >= 0.6 is 24.0 Å². The van der Waals surface area contributed by atoms with E-state index >= 15 is 0 Å². The van der Waals surface area contributed by atoms with Gasteiger partial charge in [-0.3, -0.25) is 0 Å². The number of nitrogens with two attached hydrogens (primary N) is 1. The molecule has 0 saturated carbocycles. The van der Waals surface area contributed by atoms with Gasteiger partial charge in [0, 0.05) is 6.54 Å². The van der Waals surface area contributed by atoms with Gasteiger partial charge in [0.1, 0.15) is 12.7 Å². The van der Waals surface area contributed by atoms with Crippen molar-refractivity contribution < 1.29 is 0 Å². The molecule has 1 heterocycles.